The maximum Gasteiger partial charge on any atom is 0.252 e. The Kier molecular flexibility index (Phi) is 7.53. The largest absolute Gasteiger partial charge is 0.495 e. The minimum Gasteiger partial charge on any atom is -0.495 e. The van der Waals surface area contributed by atoms with Crippen LogP contribution in [-0.4, -0.2) is 33.1 Å². The van der Waals surface area contributed by atoms with Crippen LogP contribution in [-0.2, 0) is 18.3 Å². The summed E-state index contributed by atoms with van der Waals surface area (Å²) in [6, 6.07) is 20.3. The molecule has 5 aromatic rings. The van der Waals surface area contributed by atoms with Gasteiger partial charge in [-0.2, -0.15) is 5.10 Å². The summed E-state index contributed by atoms with van der Waals surface area (Å²) in [4.78, 5) is 39.7. The van der Waals surface area contributed by atoms with Gasteiger partial charge >= 0.3 is 0 Å². The van der Waals surface area contributed by atoms with Crippen LogP contribution in [0.3, 0.4) is 0 Å². The van der Waals surface area contributed by atoms with Crippen molar-refractivity contribution in [2.75, 3.05) is 12.4 Å². The summed E-state index contributed by atoms with van der Waals surface area (Å²) in [5, 5.41) is 8.63. The van der Waals surface area contributed by atoms with Gasteiger partial charge in [-0.3, -0.25) is 23.6 Å². The molecule has 40 heavy (non-hydrogen) atoms. The van der Waals surface area contributed by atoms with E-state index in [4.69, 9.17) is 16.3 Å². The highest BCUT2D eigenvalue weighted by atomic mass is 35.5. The van der Waals surface area contributed by atoms with Crippen molar-refractivity contribution in [3.05, 3.63) is 112 Å². The molecule has 0 saturated carbocycles. The van der Waals surface area contributed by atoms with E-state index in [1.165, 1.54) is 30.9 Å². The fraction of sp³-hybridized carbons (Fsp3) is 0.161. The number of aromatic nitrogens is 3. The number of pyridine rings is 1. The molecule has 1 atom stereocenters. The van der Waals surface area contributed by atoms with Crippen molar-refractivity contribution in [2.24, 2.45) is 7.05 Å². The molecule has 0 radical (unpaired) electrons. The lowest BCUT2D eigenvalue weighted by Crippen LogP contribution is -2.34. The van der Waals surface area contributed by atoms with Gasteiger partial charge in [-0.15, -0.1) is 0 Å². The van der Waals surface area contributed by atoms with Crippen molar-refractivity contribution >= 4 is 39.9 Å². The third kappa shape index (κ3) is 5.53. The molecule has 5 rings (SSSR count). The lowest BCUT2D eigenvalue weighted by Gasteiger charge is -2.22. The monoisotopic (exact) mass is 554 g/mol. The molecule has 3 aromatic carbocycles. The van der Waals surface area contributed by atoms with E-state index in [0.717, 1.165) is 16.5 Å². The number of ether oxygens (including phenoxy) is 1. The molecular weight excluding hydrogens is 528 g/mol. The maximum absolute atomic E-state index is 13.8. The fourth-order valence-electron chi connectivity index (χ4n) is 4.80. The van der Waals surface area contributed by atoms with Crippen molar-refractivity contribution in [2.45, 2.75) is 19.4 Å². The summed E-state index contributed by atoms with van der Waals surface area (Å²) >= 11 is 6.24. The number of carbonyl (C=O) groups excluding carboxylic acids is 2. The Morgan fingerprint density at radius 3 is 2.50 bits per heavy atom. The van der Waals surface area contributed by atoms with Crippen LogP contribution in [0.1, 0.15) is 28.9 Å². The first-order valence-corrected chi connectivity index (χ1v) is 13.0. The molecule has 1 N–H and O–H groups in total. The Labute approximate surface area is 235 Å². The first-order chi connectivity index (χ1) is 19.2. The van der Waals surface area contributed by atoms with E-state index < -0.39 is 11.6 Å². The second-order valence-corrected chi connectivity index (χ2v) is 9.95. The molecule has 0 fully saturated rings. The van der Waals surface area contributed by atoms with E-state index in [0.29, 0.717) is 33.1 Å². The van der Waals surface area contributed by atoms with Gasteiger partial charge in [0, 0.05) is 53.0 Å². The van der Waals surface area contributed by atoms with E-state index in [9.17, 15) is 14.4 Å². The minimum atomic E-state index is -0.894. The molecule has 0 aliphatic heterocycles. The van der Waals surface area contributed by atoms with Crippen LogP contribution in [0.15, 0.2) is 90.0 Å². The number of methoxy groups -OCH3 is 1. The topological polar surface area (TPSA) is 95.2 Å². The molecule has 0 bridgehead atoms. The van der Waals surface area contributed by atoms with Gasteiger partial charge in [-0.25, -0.2) is 0 Å². The summed E-state index contributed by atoms with van der Waals surface area (Å²) in [7, 11) is 3.31. The zero-order valence-corrected chi connectivity index (χ0v) is 23.0. The van der Waals surface area contributed by atoms with Crippen LogP contribution in [0.25, 0.3) is 22.0 Å². The average Bonchev–Trinajstić information content (AvgIpc) is 3.31. The van der Waals surface area contributed by atoms with Crippen molar-refractivity contribution in [3.8, 4) is 16.9 Å². The van der Waals surface area contributed by atoms with Gasteiger partial charge in [-0.05, 0) is 54.4 Å². The highest BCUT2D eigenvalue weighted by Crippen LogP contribution is 2.34. The van der Waals surface area contributed by atoms with Crippen molar-refractivity contribution < 1.29 is 14.3 Å². The van der Waals surface area contributed by atoms with Crippen molar-refractivity contribution in [1.82, 2.24) is 14.3 Å². The SMILES string of the molecule is COc1cn([C@@H](Cc2ccccc2)C(=O)Nc2ccc3nn(C)cc3c2)c(=O)cc1-c1cc(Cl)ccc1C(C)=O. The third-order valence-corrected chi connectivity index (χ3v) is 6.95. The number of carbonyl (C=O) groups is 2. The minimum absolute atomic E-state index is 0.176. The Bertz CT molecular complexity index is 1790. The number of nitrogens with zero attached hydrogens (tertiary/aromatic N) is 3. The maximum atomic E-state index is 13.8. The second-order valence-electron chi connectivity index (χ2n) is 9.52. The molecule has 202 valence electrons. The third-order valence-electron chi connectivity index (χ3n) is 6.71. The number of ketones is 1. The summed E-state index contributed by atoms with van der Waals surface area (Å²) in [6.45, 7) is 1.45. The average molecular weight is 555 g/mol. The van der Waals surface area contributed by atoms with Crippen LogP contribution >= 0.6 is 11.6 Å². The summed E-state index contributed by atoms with van der Waals surface area (Å²) in [5.74, 6) is -0.215. The number of benzene rings is 3. The smallest absolute Gasteiger partial charge is 0.252 e. The van der Waals surface area contributed by atoms with Gasteiger partial charge in [0.2, 0.25) is 5.91 Å². The van der Waals surface area contributed by atoms with Crippen LogP contribution in [0.5, 0.6) is 5.75 Å². The number of rotatable bonds is 8. The number of halogens is 1. The Balaban J connectivity index is 1.58. The fourth-order valence-corrected chi connectivity index (χ4v) is 4.97. The summed E-state index contributed by atoms with van der Waals surface area (Å²) in [5.41, 5.74) is 3.16. The summed E-state index contributed by atoms with van der Waals surface area (Å²) < 4.78 is 8.74. The van der Waals surface area contributed by atoms with E-state index >= 15 is 0 Å². The van der Waals surface area contributed by atoms with Crippen LogP contribution in [0.4, 0.5) is 5.69 Å². The molecule has 0 spiro atoms. The zero-order chi connectivity index (χ0) is 28.4. The first kappa shape index (κ1) is 26.9. The number of hydrogen-bond donors (Lipinski definition) is 1. The standard InChI is InChI=1S/C31H27ClN4O4/c1-19(37)24-11-9-22(32)15-25(24)26-16-30(38)36(18-29(26)40-3)28(13-20-7-5-4-6-8-20)31(39)33-23-10-12-27-21(14-23)17-35(2)34-27/h4-12,14-18,28H,13H2,1-3H3,(H,33,39)/t28-/m0/s1. The number of anilines is 1. The molecule has 0 unspecified atom stereocenters. The van der Waals surface area contributed by atoms with E-state index in [1.54, 1.807) is 28.9 Å². The molecular formula is C31H27ClN4O4. The predicted molar refractivity (Wildman–Crippen MR) is 156 cm³/mol. The van der Waals surface area contributed by atoms with Gasteiger partial charge in [0.15, 0.2) is 5.78 Å². The Morgan fingerprint density at radius 1 is 1.00 bits per heavy atom. The van der Waals surface area contributed by atoms with Crippen LogP contribution in [0.2, 0.25) is 5.02 Å². The Morgan fingerprint density at radius 2 is 1.77 bits per heavy atom. The number of fused-ring (bicyclic) bond motifs is 1. The number of Topliss-reactive ketones (excluding diaryl/α,β-unsaturated/α-hetero) is 1. The van der Waals surface area contributed by atoms with Gasteiger partial charge in [-0.1, -0.05) is 41.9 Å². The van der Waals surface area contributed by atoms with E-state index in [1.807, 2.05) is 55.7 Å². The number of amides is 1. The van der Waals surface area contributed by atoms with Crippen molar-refractivity contribution in [1.29, 1.82) is 0 Å². The highest BCUT2D eigenvalue weighted by Gasteiger charge is 2.25. The van der Waals surface area contributed by atoms with E-state index in [-0.39, 0.29) is 18.1 Å². The molecule has 8 nitrogen and oxygen atoms in total. The predicted octanol–water partition coefficient (Wildman–Crippen LogP) is 5.69. The molecule has 0 aliphatic carbocycles. The first-order valence-electron chi connectivity index (χ1n) is 12.6. The lowest BCUT2D eigenvalue weighted by atomic mass is 9.97. The van der Waals surface area contributed by atoms with Crippen LogP contribution < -0.4 is 15.6 Å². The Hall–Kier alpha value is -4.69. The van der Waals surface area contributed by atoms with Gasteiger partial charge < -0.3 is 10.1 Å². The normalized spacial score (nSPS) is 11.8. The van der Waals surface area contributed by atoms with E-state index in [2.05, 4.69) is 10.4 Å². The molecule has 2 aromatic heterocycles. The van der Waals surface area contributed by atoms with Gasteiger partial charge in [0.25, 0.3) is 5.56 Å². The molecule has 9 heteroatoms. The van der Waals surface area contributed by atoms with Crippen molar-refractivity contribution in [3.63, 3.8) is 0 Å². The van der Waals surface area contributed by atoms with Gasteiger partial charge in [0.1, 0.15) is 11.8 Å². The molecule has 0 aliphatic rings. The number of nitrogens with one attached hydrogen (secondary N) is 1. The van der Waals surface area contributed by atoms with Crippen LogP contribution in [0, 0.1) is 0 Å². The second kappa shape index (κ2) is 11.2. The summed E-state index contributed by atoms with van der Waals surface area (Å²) in [6.07, 6.45) is 3.64. The molecule has 0 saturated heterocycles. The number of aryl methyl sites for hydroxylation is 1. The number of hydrogen-bond acceptors (Lipinski definition) is 5. The molecule has 2 heterocycles. The lowest BCUT2D eigenvalue weighted by molar-refractivity contribution is -0.119. The molecule has 1 amide bonds. The van der Waals surface area contributed by atoms with Gasteiger partial charge in [0.05, 0.1) is 18.8 Å². The highest BCUT2D eigenvalue weighted by molar-refractivity contribution is 6.31. The quantitative estimate of drug-likeness (QED) is 0.249. The zero-order valence-electron chi connectivity index (χ0n) is 22.2.